The smallest absolute Gasteiger partial charge is 0.191 e. The Kier molecular flexibility index (Phi) is 9.59. The molecule has 1 aliphatic rings. The van der Waals surface area contributed by atoms with Crippen molar-refractivity contribution in [2.24, 2.45) is 4.99 Å². The molecule has 8 heteroatoms. The zero-order valence-corrected chi connectivity index (χ0v) is 19.3. The summed E-state index contributed by atoms with van der Waals surface area (Å²) < 4.78 is 18.9. The van der Waals surface area contributed by atoms with Crippen molar-refractivity contribution in [2.45, 2.75) is 26.9 Å². The van der Waals surface area contributed by atoms with E-state index in [4.69, 9.17) is 4.74 Å². The Morgan fingerprint density at radius 2 is 2.03 bits per heavy atom. The van der Waals surface area contributed by atoms with Crippen LogP contribution in [-0.2, 0) is 17.8 Å². The molecular formula is C21H29FIN5O. The summed E-state index contributed by atoms with van der Waals surface area (Å²) in [6.45, 7) is 8.82. The quantitative estimate of drug-likeness (QED) is 0.353. The number of nitrogens with zero attached hydrogens (tertiary/aromatic N) is 3. The van der Waals surface area contributed by atoms with E-state index < -0.39 is 0 Å². The molecule has 6 nitrogen and oxygen atoms in total. The molecule has 0 unspecified atom stereocenters. The van der Waals surface area contributed by atoms with Crippen LogP contribution >= 0.6 is 24.0 Å². The molecular weight excluding hydrogens is 484 g/mol. The minimum absolute atomic E-state index is 0. The number of ether oxygens (including phenoxy) is 1. The highest BCUT2D eigenvalue weighted by Crippen LogP contribution is 2.18. The number of aryl methyl sites for hydroxylation is 1. The summed E-state index contributed by atoms with van der Waals surface area (Å²) >= 11 is 0. The molecule has 1 fully saturated rings. The van der Waals surface area contributed by atoms with E-state index in [0.717, 1.165) is 55.8 Å². The van der Waals surface area contributed by atoms with Crippen molar-refractivity contribution >= 4 is 35.8 Å². The van der Waals surface area contributed by atoms with Crippen LogP contribution in [0.3, 0.4) is 0 Å². The second kappa shape index (κ2) is 11.9. The van der Waals surface area contributed by atoms with Crippen molar-refractivity contribution in [3.8, 4) is 0 Å². The van der Waals surface area contributed by atoms with Crippen LogP contribution in [0, 0.1) is 12.7 Å². The second-order valence-corrected chi connectivity index (χ2v) is 6.72. The number of pyridine rings is 1. The Labute approximate surface area is 189 Å². The first-order valence-electron chi connectivity index (χ1n) is 9.71. The first-order valence-corrected chi connectivity index (χ1v) is 9.71. The van der Waals surface area contributed by atoms with Gasteiger partial charge in [0.2, 0.25) is 0 Å². The van der Waals surface area contributed by atoms with E-state index in [1.165, 1.54) is 6.07 Å². The van der Waals surface area contributed by atoms with Crippen LogP contribution in [0.1, 0.15) is 23.6 Å². The van der Waals surface area contributed by atoms with Gasteiger partial charge in [0.25, 0.3) is 0 Å². The van der Waals surface area contributed by atoms with Gasteiger partial charge in [-0.2, -0.15) is 0 Å². The second-order valence-electron chi connectivity index (χ2n) is 6.72. The molecule has 1 aliphatic heterocycles. The maximum absolute atomic E-state index is 13.4. The maximum Gasteiger partial charge on any atom is 0.191 e. The SMILES string of the molecule is CCNC(=NCc1ccc(F)c(C)c1)NCc1cccnc1N1CCOCC1.I. The maximum atomic E-state index is 13.4. The fraction of sp³-hybridized carbons (Fsp3) is 0.429. The van der Waals surface area contributed by atoms with Gasteiger partial charge in [-0.1, -0.05) is 18.2 Å². The van der Waals surface area contributed by atoms with Crippen molar-refractivity contribution in [3.63, 3.8) is 0 Å². The van der Waals surface area contributed by atoms with Crippen molar-refractivity contribution in [1.29, 1.82) is 0 Å². The third-order valence-electron chi connectivity index (χ3n) is 4.61. The number of nitrogens with one attached hydrogen (secondary N) is 2. The number of aliphatic imine (C=N–C) groups is 1. The normalized spacial score (nSPS) is 14.3. The first-order chi connectivity index (χ1) is 13.7. The summed E-state index contributed by atoms with van der Waals surface area (Å²) in [6, 6.07) is 9.13. The molecule has 158 valence electrons. The zero-order valence-electron chi connectivity index (χ0n) is 16.9. The van der Waals surface area contributed by atoms with E-state index in [1.54, 1.807) is 13.0 Å². The lowest BCUT2D eigenvalue weighted by Crippen LogP contribution is -2.39. The lowest BCUT2D eigenvalue weighted by atomic mass is 10.1. The molecule has 2 N–H and O–H groups in total. The van der Waals surface area contributed by atoms with Crippen LogP contribution in [0.5, 0.6) is 0 Å². The molecule has 0 atom stereocenters. The summed E-state index contributed by atoms with van der Waals surface area (Å²) in [5.41, 5.74) is 2.73. The monoisotopic (exact) mass is 513 g/mol. The molecule has 0 saturated carbocycles. The molecule has 0 aliphatic carbocycles. The van der Waals surface area contributed by atoms with Crippen molar-refractivity contribution in [1.82, 2.24) is 15.6 Å². The number of rotatable bonds is 6. The van der Waals surface area contributed by atoms with Gasteiger partial charge in [0.1, 0.15) is 11.6 Å². The summed E-state index contributed by atoms with van der Waals surface area (Å²) in [5.74, 6) is 1.52. The van der Waals surface area contributed by atoms with Crippen molar-refractivity contribution < 1.29 is 9.13 Å². The van der Waals surface area contributed by atoms with E-state index in [1.807, 2.05) is 25.3 Å². The standard InChI is InChI=1S/C21H28FN5O.HI/c1-3-23-21(25-14-17-6-7-19(22)16(2)13-17)26-15-18-5-4-8-24-20(18)27-9-11-28-12-10-27;/h4-8,13H,3,9-12,14-15H2,1-2H3,(H2,23,25,26);1H. The molecule has 1 saturated heterocycles. The Morgan fingerprint density at radius 1 is 1.24 bits per heavy atom. The molecule has 0 spiro atoms. The average Bonchev–Trinajstić information content (AvgIpc) is 2.73. The number of guanidine groups is 1. The van der Waals surface area contributed by atoms with Crippen molar-refractivity contribution in [2.75, 3.05) is 37.7 Å². The molecule has 2 aromatic rings. The number of anilines is 1. The lowest BCUT2D eigenvalue weighted by Gasteiger charge is -2.29. The minimum Gasteiger partial charge on any atom is -0.378 e. The predicted octanol–water partition coefficient (Wildman–Crippen LogP) is 3.24. The van der Waals surface area contributed by atoms with E-state index in [9.17, 15) is 4.39 Å². The number of hydrogen-bond donors (Lipinski definition) is 2. The number of hydrogen-bond acceptors (Lipinski definition) is 4. The van der Waals surface area contributed by atoms with Crippen molar-refractivity contribution in [3.05, 3.63) is 59.0 Å². The lowest BCUT2D eigenvalue weighted by molar-refractivity contribution is 0.122. The zero-order chi connectivity index (χ0) is 19.8. The topological polar surface area (TPSA) is 61.8 Å². The fourth-order valence-electron chi connectivity index (χ4n) is 3.12. The third kappa shape index (κ3) is 6.81. The molecule has 0 amide bonds. The molecule has 2 heterocycles. The van der Waals surface area contributed by atoms with Gasteiger partial charge in [-0.15, -0.1) is 24.0 Å². The molecule has 1 aromatic heterocycles. The highest BCUT2D eigenvalue weighted by atomic mass is 127. The van der Waals surface area contributed by atoms with Crippen LogP contribution in [0.4, 0.5) is 10.2 Å². The largest absolute Gasteiger partial charge is 0.378 e. The highest BCUT2D eigenvalue weighted by Gasteiger charge is 2.15. The number of benzene rings is 1. The molecule has 1 aromatic carbocycles. The molecule has 0 bridgehead atoms. The van der Waals surface area contributed by atoms with Gasteiger partial charge in [0.05, 0.1) is 19.8 Å². The Morgan fingerprint density at radius 3 is 2.76 bits per heavy atom. The number of morpholine rings is 1. The van der Waals surface area contributed by atoms with Crippen LogP contribution < -0.4 is 15.5 Å². The van der Waals surface area contributed by atoms with Gasteiger partial charge in [-0.3, -0.25) is 0 Å². The van der Waals surface area contributed by atoms with Crippen LogP contribution in [-0.4, -0.2) is 43.8 Å². The molecule has 3 rings (SSSR count). The van der Waals surface area contributed by atoms with Gasteiger partial charge in [0.15, 0.2) is 5.96 Å². The van der Waals surface area contributed by atoms with Gasteiger partial charge >= 0.3 is 0 Å². The Hall–Kier alpha value is -1.94. The third-order valence-corrected chi connectivity index (χ3v) is 4.61. The van der Waals surface area contributed by atoms with Crippen LogP contribution in [0.15, 0.2) is 41.5 Å². The summed E-state index contributed by atoms with van der Waals surface area (Å²) in [4.78, 5) is 11.5. The number of aromatic nitrogens is 1. The van der Waals surface area contributed by atoms with Gasteiger partial charge < -0.3 is 20.3 Å². The van der Waals surface area contributed by atoms with Gasteiger partial charge in [-0.05, 0) is 37.1 Å². The summed E-state index contributed by atoms with van der Waals surface area (Å²) in [7, 11) is 0. The Bertz CT molecular complexity index is 811. The van der Waals surface area contributed by atoms with Crippen LogP contribution in [0.25, 0.3) is 0 Å². The summed E-state index contributed by atoms with van der Waals surface area (Å²) in [6.07, 6.45) is 1.82. The van der Waals surface area contributed by atoms with E-state index in [2.05, 4.69) is 31.6 Å². The molecule has 0 radical (unpaired) electrons. The first kappa shape index (κ1) is 23.3. The average molecular weight is 513 g/mol. The summed E-state index contributed by atoms with van der Waals surface area (Å²) in [5, 5.41) is 6.64. The van der Waals surface area contributed by atoms with E-state index >= 15 is 0 Å². The minimum atomic E-state index is -0.190. The van der Waals surface area contributed by atoms with Gasteiger partial charge in [0, 0.05) is 37.9 Å². The van der Waals surface area contributed by atoms with Gasteiger partial charge in [-0.25, -0.2) is 14.4 Å². The number of halogens is 2. The van der Waals surface area contributed by atoms with E-state index in [0.29, 0.717) is 18.7 Å². The van der Waals surface area contributed by atoms with E-state index in [-0.39, 0.29) is 29.8 Å². The predicted molar refractivity (Wildman–Crippen MR) is 125 cm³/mol. The van der Waals surface area contributed by atoms with Crippen LogP contribution in [0.2, 0.25) is 0 Å². The highest BCUT2D eigenvalue weighted by molar-refractivity contribution is 14.0. The fourth-order valence-corrected chi connectivity index (χ4v) is 3.12. The molecule has 29 heavy (non-hydrogen) atoms. The Balaban J connectivity index is 0.00000300.